The van der Waals surface area contributed by atoms with Gasteiger partial charge in [-0.1, -0.05) is 6.08 Å². The number of rotatable bonds is 8. The van der Waals surface area contributed by atoms with Crippen LogP contribution in [0.3, 0.4) is 0 Å². The van der Waals surface area contributed by atoms with Gasteiger partial charge in [0.1, 0.15) is 0 Å². The topological polar surface area (TPSA) is 66.9 Å². The summed E-state index contributed by atoms with van der Waals surface area (Å²) in [5, 5.41) is 0. The zero-order valence-corrected chi connectivity index (χ0v) is 11.6. The lowest BCUT2D eigenvalue weighted by atomic mass is 10.4. The summed E-state index contributed by atoms with van der Waals surface area (Å²) in [6, 6.07) is 0.0774. The van der Waals surface area contributed by atoms with Gasteiger partial charge >= 0.3 is 5.97 Å². The first-order valence-electron chi connectivity index (χ1n) is 5.84. The van der Waals surface area contributed by atoms with Crippen molar-refractivity contribution in [2.24, 2.45) is 0 Å². The van der Waals surface area contributed by atoms with E-state index in [2.05, 4.69) is 11.3 Å². The van der Waals surface area contributed by atoms with Crippen LogP contribution in [-0.2, 0) is 19.7 Å². The van der Waals surface area contributed by atoms with Crippen molar-refractivity contribution in [3.8, 4) is 0 Å². The van der Waals surface area contributed by atoms with E-state index in [0.717, 1.165) is 12.8 Å². The van der Waals surface area contributed by atoms with Crippen molar-refractivity contribution in [1.29, 1.82) is 0 Å². The zero-order chi connectivity index (χ0) is 13.8. The summed E-state index contributed by atoms with van der Waals surface area (Å²) in [6.07, 6.45) is 3.40. The number of carbonyl (C=O) groups is 1. The Bertz CT molecular complexity index is 403. The predicted octanol–water partition coefficient (Wildman–Crippen LogP) is 0.377. The molecule has 0 aliphatic heterocycles. The molecule has 0 radical (unpaired) electrons. The number of methoxy groups -OCH3 is 1. The molecule has 0 aromatic carbocycles. The average molecular weight is 276 g/mol. The fraction of sp³-hybridized carbons (Fsp3) is 0.727. The van der Waals surface area contributed by atoms with E-state index < -0.39 is 16.2 Å². The van der Waals surface area contributed by atoms with Crippen LogP contribution in [0.4, 0.5) is 0 Å². The van der Waals surface area contributed by atoms with Gasteiger partial charge in [0.15, 0.2) is 0 Å². The standard InChI is InChI=1S/C11H20N2O4S/c1-4-8-13(10-5-6-10)18(15,16)12(2)9-7-11(14)17-3/h4,10H,1,5-9H2,2-3H3. The van der Waals surface area contributed by atoms with Crippen molar-refractivity contribution in [3.63, 3.8) is 0 Å². The highest BCUT2D eigenvalue weighted by molar-refractivity contribution is 7.86. The van der Waals surface area contributed by atoms with Gasteiger partial charge in [0, 0.05) is 26.2 Å². The molecule has 6 nitrogen and oxygen atoms in total. The lowest BCUT2D eigenvalue weighted by Crippen LogP contribution is -2.43. The van der Waals surface area contributed by atoms with Gasteiger partial charge in [-0.3, -0.25) is 4.79 Å². The molecule has 1 aliphatic rings. The third kappa shape index (κ3) is 3.79. The summed E-state index contributed by atoms with van der Waals surface area (Å²) >= 11 is 0. The normalized spacial score (nSPS) is 16.0. The first kappa shape index (κ1) is 15.1. The van der Waals surface area contributed by atoms with Crippen LogP contribution < -0.4 is 0 Å². The monoisotopic (exact) mass is 276 g/mol. The summed E-state index contributed by atoms with van der Waals surface area (Å²) in [6.45, 7) is 3.99. The van der Waals surface area contributed by atoms with E-state index in [-0.39, 0.29) is 19.0 Å². The zero-order valence-electron chi connectivity index (χ0n) is 10.8. The maximum Gasteiger partial charge on any atom is 0.306 e. The van der Waals surface area contributed by atoms with Crippen LogP contribution in [0.25, 0.3) is 0 Å². The van der Waals surface area contributed by atoms with Crippen molar-refractivity contribution in [2.75, 3.05) is 27.2 Å². The molecule has 0 amide bonds. The second-order valence-electron chi connectivity index (χ2n) is 4.24. The quantitative estimate of drug-likeness (QED) is 0.475. The van der Waals surface area contributed by atoms with E-state index in [1.54, 1.807) is 6.08 Å². The van der Waals surface area contributed by atoms with Gasteiger partial charge in [0.2, 0.25) is 0 Å². The van der Waals surface area contributed by atoms with Crippen molar-refractivity contribution >= 4 is 16.2 Å². The Morgan fingerprint density at radius 1 is 1.50 bits per heavy atom. The van der Waals surface area contributed by atoms with E-state index >= 15 is 0 Å². The minimum Gasteiger partial charge on any atom is -0.469 e. The minimum atomic E-state index is -3.52. The van der Waals surface area contributed by atoms with Gasteiger partial charge in [-0.25, -0.2) is 0 Å². The summed E-state index contributed by atoms with van der Waals surface area (Å²) < 4.78 is 31.6. The number of esters is 1. The van der Waals surface area contributed by atoms with Crippen molar-refractivity contribution < 1.29 is 17.9 Å². The van der Waals surface area contributed by atoms with Gasteiger partial charge in [-0.05, 0) is 12.8 Å². The number of nitrogens with zero attached hydrogens (tertiary/aromatic N) is 2. The molecule has 0 unspecified atom stereocenters. The van der Waals surface area contributed by atoms with Crippen LogP contribution in [0.15, 0.2) is 12.7 Å². The Balaban J connectivity index is 2.64. The Morgan fingerprint density at radius 2 is 2.11 bits per heavy atom. The molecular formula is C11H20N2O4S. The SMILES string of the molecule is C=CCN(C1CC1)S(=O)(=O)N(C)CCC(=O)OC. The summed E-state index contributed by atoms with van der Waals surface area (Å²) in [5.41, 5.74) is 0. The first-order valence-corrected chi connectivity index (χ1v) is 7.24. The van der Waals surface area contributed by atoms with Crippen molar-refractivity contribution in [3.05, 3.63) is 12.7 Å². The van der Waals surface area contributed by atoms with Gasteiger partial charge in [-0.15, -0.1) is 6.58 Å². The third-order valence-electron chi connectivity index (χ3n) is 2.81. The molecule has 1 aliphatic carbocycles. The fourth-order valence-electron chi connectivity index (χ4n) is 1.57. The van der Waals surface area contributed by atoms with Crippen LogP contribution in [0.1, 0.15) is 19.3 Å². The molecule has 0 aromatic rings. The lowest BCUT2D eigenvalue weighted by Gasteiger charge is -2.26. The molecule has 7 heteroatoms. The third-order valence-corrected chi connectivity index (χ3v) is 4.82. The fourth-order valence-corrected chi connectivity index (χ4v) is 3.13. The Morgan fingerprint density at radius 3 is 2.56 bits per heavy atom. The Hall–Kier alpha value is -0.920. The van der Waals surface area contributed by atoms with Crippen molar-refractivity contribution in [2.45, 2.75) is 25.3 Å². The number of ether oxygens (including phenoxy) is 1. The molecule has 0 aromatic heterocycles. The molecule has 0 saturated heterocycles. The Labute approximate surface area is 108 Å². The van der Waals surface area contributed by atoms with Crippen LogP contribution in [0.5, 0.6) is 0 Å². The molecule has 0 spiro atoms. The highest BCUT2D eigenvalue weighted by Gasteiger charge is 2.38. The molecule has 1 saturated carbocycles. The minimum absolute atomic E-state index is 0.0544. The molecule has 18 heavy (non-hydrogen) atoms. The summed E-state index contributed by atoms with van der Waals surface area (Å²) in [4.78, 5) is 11.0. The van der Waals surface area contributed by atoms with E-state index in [9.17, 15) is 13.2 Å². The maximum atomic E-state index is 12.3. The van der Waals surface area contributed by atoms with Crippen molar-refractivity contribution in [1.82, 2.24) is 8.61 Å². The second-order valence-corrected chi connectivity index (χ2v) is 6.23. The molecule has 104 valence electrons. The van der Waals surface area contributed by atoms with Crippen LogP contribution in [0, 0.1) is 0 Å². The molecule has 1 rings (SSSR count). The smallest absolute Gasteiger partial charge is 0.306 e. The number of carbonyl (C=O) groups excluding carboxylic acids is 1. The molecule has 0 atom stereocenters. The van der Waals surface area contributed by atoms with E-state index in [1.165, 1.54) is 22.8 Å². The number of hydrogen-bond donors (Lipinski definition) is 0. The van der Waals surface area contributed by atoms with Gasteiger partial charge in [-0.2, -0.15) is 17.0 Å². The predicted molar refractivity (Wildman–Crippen MR) is 68.1 cm³/mol. The van der Waals surface area contributed by atoms with E-state index in [0.29, 0.717) is 6.54 Å². The second kappa shape index (κ2) is 6.31. The van der Waals surface area contributed by atoms with Gasteiger partial charge in [0.05, 0.1) is 13.5 Å². The highest BCUT2D eigenvalue weighted by atomic mass is 32.2. The van der Waals surface area contributed by atoms with Gasteiger partial charge in [0.25, 0.3) is 10.2 Å². The van der Waals surface area contributed by atoms with E-state index in [4.69, 9.17) is 0 Å². The van der Waals surface area contributed by atoms with Crippen LogP contribution in [-0.4, -0.2) is 56.3 Å². The van der Waals surface area contributed by atoms with E-state index in [1.807, 2.05) is 0 Å². The maximum absolute atomic E-state index is 12.3. The molecule has 0 N–H and O–H groups in total. The highest BCUT2D eigenvalue weighted by Crippen LogP contribution is 2.30. The first-order chi connectivity index (χ1) is 8.43. The van der Waals surface area contributed by atoms with Gasteiger partial charge < -0.3 is 4.74 Å². The average Bonchev–Trinajstić information content (AvgIpc) is 3.16. The Kier molecular flexibility index (Phi) is 5.30. The summed E-state index contributed by atoms with van der Waals surface area (Å²) in [5.74, 6) is -0.418. The van der Waals surface area contributed by atoms with Crippen LogP contribution in [0.2, 0.25) is 0 Å². The summed E-state index contributed by atoms with van der Waals surface area (Å²) in [7, 11) is -0.764. The largest absolute Gasteiger partial charge is 0.469 e. The van der Waals surface area contributed by atoms with Crippen LogP contribution >= 0.6 is 0 Å². The molecule has 0 heterocycles. The molecule has 1 fully saturated rings. The lowest BCUT2D eigenvalue weighted by molar-refractivity contribution is -0.140. The number of hydrogen-bond acceptors (Lipinski definition) is 4. The molecule has 0 bridgehead atoms. The molecular weight excluding hydrogens is 256 g/mol.